The zero-order chi connectivity index (χ0) is 11.7. The van der Waals surface area contributed by atoms with Gasteiger partial charge in [-0.3, -0.25) is 4.79 Å². The molecule has 90 valence electrons. The summed E-state index contributed by atoms with van der Waals surface area (Å²) < 4.78 is 5.18. The van der Waals surface area contributed by atoms with Gasteiger partial charge in [-0.1, -0.05) is 12.8 Å². The van der Waals surface area contributed by atoms with Gasteiger partial charge >= 0.3 is 5.97 Å². The molecule has 0 aromatic rings. The molecule has 0 unspecified atom stereocenters. The maximum Gasteiger partial charge on any atom is 0.306 e. The zero-order valence-corrected chi connectivity index (χ0v) is 10.0. The van der Waals surface area contributed by atoms with Crippen molar-refractivity contribution < 1.29 is 14.4 Å². The molecule has 0 bridgehead atoms. The van der Waals surface area contributed by atoms with E-state index in [-0.39, 0.29) is 11.6 Å². The van der Waals surface area contributed by atoms with E-state index in [0.29, 0.717) is 13.0 Å². The third kappa shape index (κ3) is 11.3. The monoisotopic (exact) mass is 217 g/mol. The molecule has 0 saturated heterocycles. The molecular formula is C11H23NO3. The van der Waals surface area contributed by atoms with E-state index in [4.69, 9.17) is 10.6 Å². The van der Waals surface area contributed by atoms with E-state index in [1.807, 2.05) is 20.8 Å². The van der Waals surface area contributed by atoms with Crippen LogP contribution in [0.25, 0.3) is 0 Å². The normalized spacial score (nSPS) is 11.5. The first-order valence-electron chi connectivity index (χ1n) is 5.49. The lowest BCUT2D eigenvalue weighted by Gasteiger charge is -2.19. The smallest absolute Gasteiger partial charge is 0.306 e. The molecule has 0 aliphatic rings. The van der Waals surface area contributed by atoms with Crippen molar-refractivity contribution in [1.29, 1.82) is 0 Å². The molecule has 0 fully saturated rings. The molecule has 0 radical (unpaired) electrons. The highest BCUT2D eigenvalue weighted by molar-refractivity contribution is 5.69. The highest BCUT2D eigenvalue weighted by Gasteiger charge is 2.15. The van der Waals surface area contributed by atoms with Crippen LogP contribution in [0.5, 0.6) is 0 Å². The largest absolute Gasteiger partial charge is 0.460 e. The number of hydrogen-bond acceptors (Lipinski definition) is 4. The van der Waals surface area contributed by atoms with Crippen LogP contribution in [0.1, 0.15) is 52.9 Å². The van der Waals surface area contributed by atoms with Crippen molar-refractivity contribution in [1.82, 2.24) is 0 Å². The summed E-state index contributed by atoms with van der Waals surface area (Å²) in [5.41, 5.74) is -0.371. The molecule has 0 aromatic heterocycles. The van der Waals surface area contributed by atoms with Gasteiger partial charge in [0.2, 0.25) is 0 Å². The maximum absolute atomic E-state index is 11.3. The summed E-state index contributed by atoms with van der Waals surface area (Å²) in [4.78, 5) is 15.7. The minimum atomic E-state index is -0.371. The predicted molar refractivity (Wildman–Crippen MR) is 59.1 cm³/mol. The van der Waals surface area contributed by atoms with Crippen LogP contribution in [-0.2, 0) is 14.4 Å². The fraction of sp³-hybridized carbons (Fsp3) is 0.909. The number of nitrogens with two attached hydrogens (primary N) is 1. The average molecular weight is 217 g/mol. The topological polar surface area (TPSA) is 61.5 Å². The summed E-state index contributed by atoms with van der Waals surface area (Å²) >= 11 is 0. The standard InChI is InChI=1S/C11H23NO3/c1-11(2,3)15-10(13)8-6-4-5-7-9-14-12/h4-9,12H2,1-3H3. The Morgan fingerprint density at radius 2 is 1.73 bits per heavy atom. The van der Waals surface area contributed by atoms with Gasteiger partial charge in [-0.2, -0.15) is 0 Å². The van der Waals surface area contributed by atoms with Crippen molar-refractivity contribution >= 4 is 5.97 Å². The van der Waals surface area contributed by atoms with E-state index < -0.39 is 0 Å². The van der Waals surface area contributed by atoms with Crippen LogP contribution in [0.4, 0.5) is 0 Å². The maximum atomic E-state index is 11.3. The van der Waals surface area contributed by atoms with Gasteiger partial charge in [0.25, 0.3) is 0 Å². The summed E-state index contributed by atoms with van der Waals surface area (Å²) in [6.07, 6.45) is 4.38. The quantitative estimate of drug-likeness (QED) is 0.403. The van der Waals surface area contributed by atoms with Crippen molar-refractivity contribution in [2.24, 2.45) is 5.90 Å². The SMILES string of the molecule is CC(C)(C)OC(=O)CCCCCCON. The first-order chi connectivity index (χ1) is 6.95. The number of carbonyl (C=O) groups is 1. The van der Waals surface area contributed by atoms with Crippen molar-refractivity contribution in [2.75, 3.05) is 6.61 Å². The minimum absolute atomic E-state index is 0.113. The molecule has 0 atom stereocenters. The summed E-state index contributed by atoms with van der Waals surface area (Å²) in [6.45, 7) is 6.23. The van der Waals surface area contributed by atoms with E-state index in [9.17, 15) is 4.79 Å². The second-order valence-corrected chi connectivity index (χ2v) is 4.62. The fourth-order valence-electron chi connectivity index (χ4n) is 1.20. The van der Waals surface area contributed by atoms with Crippen LogP contribution < -0.4 is 5.90 Å². The van der Waals surface area contributed by atoms with Gasteiger partial charge in [0.05, 0.1) is 6.61 Å². The third-order valence-electron chi connectivity index (χ3n) is 1.81. The van der Waals surface area contributed by atoms with Gasteiger partial charge < -0.3 is 9.57 Å². The Labute approximate surface area is 92.1 Å². The first-order valence-corrected chi connectivity index (χ1v) is 5.49. The van der Waals surface area contributed by atoms with E-state index in [1.165, 1.54) is 0 Å². The first kappa shape index (κ1) is 14.4. The molecule has 0 aliphatic carbocycles. The fourth-order valence-corrected chi connectivity index (χ4v) is 1.20. The Kier molecular flexibility index (Phi) is 7.34. The molecule has 15 heavy (non-hydrogen) atoms. The van der Waals surface area contributed by atoms with Gasteiger partial charge in [-0.15, -0.1) is 0 Å². The van der Waals surface area contributed by atoms with Gasteiger partial charge in [0.1, 0.15) is 5.60 Å². The van der Waals surface area contributed by atoms with Gasteiger partial charge in [0.15, 0.2) is 0 Å². The molecule has 0 aromatic carbocycles. The molecule has 2 N–H and O–H groups in total. The summed E-state index contributed by atoms with van der Waals surface area (Å²) in [7, 11) is 0. The van der Waals surface area contributed by atoms with Gasteiger partial charge in [0, 0.05) is 6.42 Å². The molecule has 0 aliphatic heterocycles. The van der Waals surface area contributed by atoms with Crippen LogP contribution in [0.15, 0.2) is 0 Å². The average Bonchev–Trinajstić information content (AvgIpc) is 2.08. The number of carbonyl (C=O) groups excluding carboxylic acids is 1. The second-order valence-electron chi connectivity index (χ2n) is 4.62. The highest BCUT2D eigenvalue weighted by Crippen LogP contribution is 2.10. The van der Waals surface area contributed by atoms with Crippen molar-refractivity contribution in [3.8, 4) is 0 Å². The summed E-state index contributed by atoms with van der Waals surface area (Å²) in [6, 6.07) is 0. The summed E-state index contributed by atoms with van der Waals surface area (Å²) in [5.74, 6) is 4.77. The molecule has 4 heteroatoms. The van der Waals surface area contributed by atoms with Crippen LogP contribution in [0.3, 0.4) is 0 Å². The second kappa shape index (κ2) is 7.65. The minimum Gasteiger partial charge on any atom is -0.460 e. The molecule has 0 rings (SSSR count). The van der Waals surface area contributed by atoms with Crippen molar-refractivity contribution in [3.63, 3.8) is 0 Å². The van der Waals surface area contributed by atoms with Gasteiger partial charge in [-0.05, 0) is 33.6 Å². The molecule has 4 nitrogen and oxygen atoms in total. The van der Waals surface area contributed by atoms with E-state index in [1.54, 1.807) is 0 Å². The Morgan fingerprint density at radius 1 is 1.13 bits per heavy atom. The lowest BCUT2D eigenvalue weighted by molar-refractivity contribution is -0.154. The molecule has 0 saturated carbocycles. The number of rotatable bonds is 7. The Hall–Kier alpha value is -0.610. The Bertz CT molecular complexity index is 175. The van der Waals surface area contributed by atoms with Crippen LogP contribution in [0, 0.1) is 0 Å². The Balaban J connectivity index is 3.32. The number of ether oxygens (including phenoxy) is 1. The lowest BCUT2D eigenvalue weighted by Crippen LogP contribution is -2.23. The lowest BCUT2D eigenvalue weighted by atomic mass is 10.1. The van der Waals surface area contributed by atoms with E-state index in [2.05, 4.69) is 4.84 Å². The molecular weight excluding hydrogens is 194 g/mol. The molecule has 0 heterocycles. The van der Waals surface area contributed by atoms with Gasteiger partial charge in [-0.25, -0.2) is 5.90 Å². The summed E-state index contributed by atoms with van der Waals surface area (Å²) in [5, 5.41) is 0. The predicted octanol–water partition coefficient (Wildman–Crippen LogP) is 2.17. The Morgan fingerprint density at radius 3 is 2.27 bits per heavy atom. The van der Waals surface area contributed by atoms with Crippen LogP contribution in [0.2, 0.25) is 0 Å². The number of hydrogen-bond donors (Lipinski definition) is 1. The van der Waals surface area contributed by atoms with E-state index in [0.717, 1.165) is 25.7 Å². The van der Waals surface area contributed by atoms with E-state index >= 15 is 0 Å². The van der Waals surface area contributed by atoms with Crippen molar-refractivity contribution in [2.45, 2.75) is 58.5 Å². The zero-order valence-electron chi connectivity index (χ0n) is 10.0. The third-order valence-corrected chi connectivity index (χ3v) is 1.81. The van der Waals surface area contributed by atoms with Crippen LogP contribution >= 0.6 is 0 Å². The van der Waals surface area contributed by atoms with Crippen molar-refractivity contribution in [3.05, 3.63) is 0 Å². The molecule has 0 spiro atoms. The number of esters is 1. The highest BCUT2D eigenvalue weighted by atomic mass is 16.6. The van der Waals surface area contributed by atoms with Crippen LogP contribution in [-0.4, -0.2) is 18.2 Å². The number of unbranched alkanes of at least 4 members (excludes halogenated alkanes) is 3. The molecule has 0 amide bonds.